The highest BCUT2D eigenvalue weighted by molar-refractivity contribution is 7.80. The molecule has 2 aliphatic heterocycles. The molecule has 1 amide bonds. The molecule has 0 spiro atoms. The molecule has 0 saturated carbocycles. The van der Waals surface area contributed by atoms with Gasteiger partial charge >= 0.3 is 0 Å². The molecule has 0 unspecified atom stereocenters. The largest absolute Gasteiger partial charge is 0.454 e. The third-order valence-corrected chi connectivity index (χ3v) is 6.65. The van der Waals surface area contributed by atoms with Crippen LogP contribution in [0.2, 0.25) is 5.02 Å². The van der Waals surface area contributed by atoms with Gasteiger partial charge in [-0.15, -0.1) is 0 Å². The number of ether oxygens (including phenoxy) is 2. The summed E-state index contributed by atoms with van der Waals surface area (Å²) >= 11 is 11.6. The average molecular weight is 509 g/mol. The van der Waals surface area contributed by atoms with Gasteiger partial charge in [0.1, 0.15) is 0 Å². The fourth-order valence-corrected chi connectivity index (χ4v) is 4.57. The van der Waals surface area contributed by atoms with Crippen LogP contribution < -0.4 is 25.0 Å². The van der Waals surface area contributed by atoms with E-state index in [1.165, 1.54) is 5.56 Å². The molecule has 0 aliphatic carbocycles. The van der Waals surface area contributed by atoms with Gasteiger partial charge in [0.25, 0.3) is 5.91 Å². The number of carbonyl (C=O) groups is 1. The molecule has 1 fully saturated rings. The Balaban J connectivity index is 1.11. The van der Waals surface area contributed by atoms with Crippen LogP contribution in [0.25, 0.3) is 0 Å². The minimum Gasteiger partial charge on any atom is -0.454 e. The molecule has 2 heterocycles. The van der Waals surface area contributed by atoms with Crippen molar-refractivity contribution < 1.29 is 14.3 Å². The molecule has 0 bridgehead atoms. The lowest BCUT2D eigenvalue weighted by Crippen LogP contribution is -2.46. The first-order valence-corrected chi connectivity index (χ1v) is 12.2. The Morgan fingerprint density at radius 2 is 1.69 bits per heavy atom. The minimum atomic E-state index is -0.313. The summed E-state index contributed by atoms with van der Waals surface area (Å²) in [5.74, 6) is 0.869. The van der Waals surface area contributed by atoms with Crippen LogP contribution in [0, 0.1) is 0 Å². The van der Waals surface area contributed by atoms with E-state index >= 15 is 0 Å². The molecule has 9 heteroatoms. The van der Waals surface area contributed by atoms with E-state index in [1.54, 1.807) is 18.2 Å². The number of hydrogen-bond acceptors (Lipinski definition) is 6. The number of amides is 1. The van der Waals surface area contributed by atoms with Gasteiger partial charge in [0, 0.05) is 54.7 Å². The first-order valence-electron chi connectivity index (χ1n) is 11.4. The lowest BCUT2D eigenvalue weighted by Gasteiger charge is -2.36. The van der Waals surface area contributed by atoms with Gasteiger partial charge in [-0.2, -0.15) is 0 Å². The zero-order chi connectivity index (χ0) is 24.2. The van der Waals surface area contributed by atoms with Crippen molar-refractivity contribution in [3.8, 4) is 11.5 Å². The molecule has 180 valence electrons. The molecule has 3 aromatic rings. The molecule has 0 aromatic heterocycles. The summed E-state index contributed by atoms with van der Waals surface area (Å²) in [6.45, 7) is 4.87. The van der Waals surface area contributed by atoms with Crippen molar-refractivity contribution in [1.29, 1.82) is 0 Å². The first-order chi connectivity index (χ1) is 17.0. The van der Waals surface area contributed by atoms with Gasteiger partial charge in [0.05, 0.1) is 0 Å². The van der Waals surface area contributed by atoms with E-state index in [-0.39, 0.29) is 17.8 Å². The van der Waals surface area contributed by atoms with Crippen LogP contribution in [0.4, 0.5) is 11.4 Å². The maximum absolute atomic E-state index is 12.5. The molecule has 2 aliphatic rings. The summed E-state index contributed by atoms with van der Waals surface area (Å²) in [5, 5.41) is 6.82. The van der Waals surface area contributed by atoms with Crippen LogP contribution in [0.3, 0.4) is 0 Å². The number of piperazine rings is 1. The smallest absolute Gasteiger partial charge is 0.257 e. The zero-order valence-corrected chi connectivity index (χ0v) is 20.6. The minimum absolute atomic E-state index is 0.161. The van der Waals surface area contributed by atoms with Gasteiger partial charge in [-0.3, -0.25) is 15.0 Å². The molecule has 35 heavy (non-hydrogen) atoms. The second kappa shape index (κ2) is 10.5. The second-order valence-corrected chi connectivity index (χ2v) is 9.19. The molecule has 0 radical (unpaired) electrons. The lowest BCUT2D eigenvalue weighted by molar-refractivity contribution is 0.0977. The molecular formula is C26H25ClN4O3S. The standard InChI is InChI=1S/C26H25ClN4O3S/c27-22-4-2-1-3-19(22)16-30-11-13-31(14-12-30)21-8-6-20(7-9-21)28-26(35)29-25(32)18-5-10-23-24(15-18)34-17-33-23/h1-10,15H,11-14,16-17H2,(H2,28,29,32,35). The van der Waals surface area contributed by atoms with Crippen LogP contribution in [0.1, 0.15) is 15.9 Å². The van der Waals surface area contributed by atoms with E-state index in [0.717, 1.165) is 49.1 Å². The van der Waals surface area contributed by atoms with Crippen LogP contribution >= 0.6 is 23.8 Å². The molecule has 1 saturated heterocycles. The van der Waals surface area contributed by atoms with Crippen LogP contribution in [0.15, 0.2) is 66.7 Å². The van der Waals surface area contributed by atoms with Crippen molar-refractivity contribution in [3.63, 3.8) is 0 Å². The summed E-state index contributed by atoms with van der Waals surface area (Å²) < 4.78 is 10.6. The maximum atomic E-state index is 12.5. The fourth-order valence-electron chi connectivity index (χ4n) is 4.16. The third-order valence-electron chi connectivity index (χ3n) is 6.08. The van der Waals surface area contributed by atoms with Crippen LogP contribution in [-0.4, -0.2) is 48.9 Å². The summed E-state index contributed by atoms with van der Waals surface area (Å²) in [6, 6.07) is 21.1. The molecular weight excluding hydrogens is 484 g/mol. The number of carbonyl (C=O) groups excluding carboxylic acids is 1. The highest BCUT2D eigenvalue weighted by Crippen LogP contribution is 2.32. The molecule has 2 N–H and O–H groups in total. The number of fused-ring (bicyclic) bond motifs is 1. The maximum Gasteiger partial charge on any atom is 0.257 e. The monoisotopic (exact) mass is 508 g/mol. The Hall–Kier alpha value is -3.33. The van der Waals surface area contributed by atoms with Gasteiger partial charge in [-0.05, 0) is 66.3 Å². The van der Waals surface area contributed by atoms with Gasteiger partial charge in [-0.25, -0.2) is 0 Å². The van der Waals surface area contributed by atoms with Crippen molar-refractivity contribution >= 4 is 46.2 Å². The molecule has 3 aromatic carbocycles. The number of anilines is 2. The highest BCUT2D eigenvalue weighted by atomic mass is 35.5. The van der Waals surface area contributed by atoms with Crippen molar-refractivity contribution in [1.82, 2.24) is 10.2 Å². The zero-order valence-electron chi connectivity index (χ0n) is 19.0. The van der Waals surface area contributed by atoms with E-state index in [1.807, 2.05) is 30.3 Å². The van der Waals surface area contributed by atoms with E-state index in [9.17, 15) is 4.79 Å². The highest BCUT2D eigenvalue weighted by Gasteiger charge is 2.19. The Kier molecular flexibility index (Phi) is 7.03. The van der Waals surface area contributed by atoms with Crippen molar-refractivity contribution in [3.05, 3.63) is 82.9 Å². The SMILES string of the molecule is O=C(NC(=S)Nc1ccc(N2CCN(Cc3ccccc3Cl)CC2)cc1)c1ccc2c(c1)OCO2. The number of thiocarbonyl (C=S) groups is 1. The van der Waals surface area contributed by atoms with E-state index in [4.69, 9.17) is 33.3 Å². The van der Waals surface area contributed by atoms with Gasteiger partial charge in [0.15, 0.2) is 16.6 Å². The Morgan fingerprint density at radius 1 is 0.943 bits per heavy atom. The van der Waals surface area contributed by atoms with E-state index < -0.39 is 0 Å². The number of halogens is 1. The predicted octanol–water partition coefficient (Wildman–Crippen LogP) is 4.52. The third kappa shape index (κ3) is 5.67. The number of nitrogens with one attached hydrogen (secondary N) is 2. The summed E-state index contributed by atoms with van der Waals surface area (Å²) in [7, 11) is 0. The second-order valence-electron chi connectivity index (χ2n) is 8.38. The summed E-state index contributed by atoms with van der Waals surface area (Å²) in [5.41, 5.74) is 3.58. The number of rotatable bonds is 5. The number of benzene rings is 3. The Morgan fingerprint density at radius 3 is 2.46 bits per heavy atom. The fraction of sp³-hybridized carbons (Fsp3) is 0.231. The lowest BCUT2D eigenvalue weighted by atomic mass is 10.2. The van der Waals surface area contributed by atoms with Crippen LogP contribution in [0.5, 0.6) is 11.5 Å². The molecule has 7 nitrogen and oxygen atoms in total. The van der Waals surface area contributed by atoms with Gasteiger partial charge in [-0.1, -0.05) is 29.8 Å². The summed E-state index contributed by atoms with van der Waals surface area (Å²) in [4.78, 5) is 17.3. The van der Waals surface area contributed by atoms with Crippen molar-refractivity contribution in [2.24, 2.45) is 0 Å². The van der Waals surface area contributed by atoms with E-state index in [2.05, 4.69) is 38.6 Å². The van der Waals surface area contributed by atoms with Gasteiger partial charge in [0.2, 0.25) is 6.79 Å². The van der Waals surface area contributed by atoms with Crippen molar-refractivity contribution in [2.45, 2.75) is 6.54 Å². The Labute approximate surface area is 214 Å². The predicted molar refractivity (Wildman–Crippen MR) is 142 cm³/mol. The first kappa shape index (κ1) is 23.4. The van der Waals surface area contributed by atoms with Gasteiger partial charge < -0.3 is 19.7 Å². The number of hydrogen-bond donors (Lipinski definition) is 2. The topological polar surface area (TPSA) is 66.1 Å². The summed E-state index contributed by atoms with van der Waals surface area (Å²) in [6.07, 6.45) is 0. The van der Waals surface area contributed by atoms with E-state index in [0.29, 0.717) is 17.1 Å². The molecule has 0 atom stereocenters. The normalized spacial score (nSPS) is 15.1. The van der Waals surface area contributed by atoms with Crippen LogP contribution in [-0.2, 0) is 6.54 Å². The van der Waals surface area contributed by atoms with Crippen molar-refractivity contribution in [2.75, 3.05) is 43.2 Å². The average Bonchev–Trinajstić information content (AvgIpc) is 3.34. The Bertz CT molecular complexity index is 1230. The number of nitrogens with zero attached hydrogens (tertiary/aromatic N) is 2. The molecule has 5 rings (SSSR count). The quantitative estimate of drug-likeness (QED) is 0.491.